The van der Waals surface area contributed by atoms with Crippen LogP contribution in [0.1, 0.15) is 6.42 Å². The van der Waals surface area contributed by atoms with Crippen molar-refractivity contribution in [1.29, 1.82) is 0 Å². The Hall–Kier alpha value is -0.160. The van der Waals surface area contributed by atoms with Gasteiger partial charge < -0.3 is 0 Å². The van der Waals surface area contributed by atoms with E-state index in [0.717, 1.165) is 12.3 Å². The summed E-state index contributed by atoms with van der Waals surface area (Å²) in [6, 6.07) is 0. The molecule has 0 aromatic carbocycles. The highest BCUT2D eigenvalue weighted by atomic mass is 15.6. The summed E-state index contributed by atoms with van der Waals surface area (Å²) in [5.74, 6) is 0. The zero-order valence-corrected chi connectivity index (χ0v) is 9.31. The highest BCUT2D eigenvalue weighted by molar-refractivity contribution is 5.00. The minimum atomic E-state index is 0.726. The van der Waals surface area contributed by atoms with Crippen LogP contribution in [0, 0.1) is 0 Å². The van der Waals surface area contributed by atoms with Crippen molar-refractivity contribution in [2.45, 2.75) is 18.8 Å². The molecule has 4 rings (SSSR count). The van der Waals surface area contributed by atoms with Crippen molar-refractivity contribution in [3.8, 4) is 0 Å². The van der Waals surface area contributed by atoms with E-state index in [1.54, 1.807) is 0 Å². The van der Waals surface area contributed by atoms with Crippen molar-refractivity contribution in [2.75, 3.05) is 52.4 Å². The summed E-state index contributed by atoms with van der Waals surface area (Å²) in [5, 5.41) is 0. The number of hydrogen-bond acceptors (Lipinski definition) is 4. The van der Waals surface area contributed by atoms with Crippen molar-refractivity contribution in [1.82, 2.24) is 19.6 Å². The number of hydrogen-bond donors (Lipinski definition) is 0. The van der Waals surface area contributed by atoms with E-state index in [-0.39, 0.29) is 0 Å². The Labute approximate surface area is 91.4 Å². The van der Waals surface area contributed by atoms with E-state index >= 15 is 0 Å². The van der Waals surface area contributed by atoms with Gasteiger partial charge in [-0.15, -0.1) is 0 Å². The molecule has 15 heavy (non-hydrogen) atoms. The summed E-state index contributed by atoms with van der Waals surface area (Å²) in [6.45, 7) is 10.5. The molecule has 84 valence electrons. The van der Waals surface area contributed by atoms with Crippen molar-refractivity contribution < 1.29 is 0 Å². The topological polar surface area (TPSA) is 13.0 Å². The van der Waals surface area contributed by atoms with Crippen LogP contribution in [0.4, 0.5) is 0 Å². The third-order valence-electron chi connectivity index (χ3n) is 4.68. The Morgan fingerprint density at radius 3 is 1.20 bits per heavy atom. The lowest BCUT2D eigenvalue weighted by molar-refractivity contribution is -0.136. The summed E-state index contributed by atoms with van der Waals surface area (Å²) in [6.07, 6.45) is 2.83. The smallest absolute Gasteiger partial charge is 0.0923 e. The average Bonchev–Trinajstić information content (AvgIpc) is 2.71. The molecule has 0 atom stereocenters. The zero-order valence-electron chi connectivity index (χ0n) is 9.31. The van der Waals surface area contributed by atoms with Crippen molar-refractivity contribution >= 4 is 0 Å². The normalized spacial score (nSPS) is 43.2. The van der Waals surface area contributed by atoms with Gasteiger partial charge in [-0.25, -0.2) is 0 Å². The molecule has 4 aliphatic rings. The summed E-state index contributed by atoms with van der Waals surface area (Å²) in [7, 11) is 0. The van der Waals surface area contributed by atoms with E-state index in [9.17, 15) is 0 Å². The predicted octanol–water partition coefficient (Wildman–Crippen LogP) is -0.709. The van der Waals surface area contributed by atoms with Gasteiger partial charge in [0, 0.05) is 52.4 Å². The first-order chi connectivity index (χ1) is 7.43. The lowest BCUT2D eigenvalue weighted by Gasteiger charge is -2.56. The Morgan fingerprint density at radius 2 is 0.800 bits per heavy atom. The van der Waals surface area contributed by atoms with Crippen LogP contribution < -0.4 is 0 Å². The Kier molecular flexibility index (Phi) is 1.89. The second kappa shape index (κ2) is 3.17. The van der Waals surface area contributed by atoms with E-state index in [4.69, 9.17) is 0 Å². The van der Waals surface area contributed by atoms with E-state index in [1.165, 1.54) is 58.8 Å². The van der Waals surface area contributed by atoms with Gasteiger partial charge in [0.25, 0.3) is 0 Å². The van der Waals surface area contributed by atoms with Gasteiger partial charge in [0.1, 0.15) is 0 Å². The number of piperazine rings is 2. The molecular weight excluding hydrogens is 188 g/mol. The van der Waals surface area contributed by atoms with Gasteiger partial charge >= 0.3 is 0 Å². The number of rotatable bonds is 0. The first-order valence-corrected chi connectivity index (χ1v) is 6.40. The highest BCUT2D eigenvalue weighted by Crippen LogP contribution is 2.32. The van der Waals surface area contributed by atoms with Crippen LogP contribution in [0.15, 0.2) is 0 Å². The third-order valence-corrected chi connectivity index (χ3v) is 4.68. The molecule has 4 nitrogen and oxygen atoms in total. The molecule has 0 aromatic rings. The van der Waals surface area contributed by atoms with Gasteiger partial charge in [-0.1, -0.05) is 0 Å². The van der Waals surface area contributed by atoms with Crippen molar-refractivity contribution in [2.24, 2.45) is 0 Å². The lowest BCUT2D eigenvalue weighted by Crippen LogP contribution is -2.72. The summed E-state index contributed by atoms with van der Waals surface area (Å²) in [4.78, 5) is 10.9. The van der Waals surface area contributed by atoms with Crippen LogP contribution in [0.2, 0.25) is 0 Å². The molecule has 0 radical (unpaired) electrons. The maximum absolute atomic E-state index is 2.72. The van der Waals surface area contributed by atoms with Crippen LogP contribution in [0.5, 0.6) is 0 Å². The third kappa shape index (κ3) is 1.16. The standard InChI is InChI=1S/C11H20N4/c1-2-12-4-6-14-8-9-15-7-5-13(3-1)10(12)11(14)15/h10-11H,1-9H2/t10-,11-. The summed E-state index contributed by atoms with van der Waals surface area (Å²) in [5.41, 5.74) is 0. The van der Waals surface area contributed by atoms with Crippen molar-refractivity contribution in [3.05, 3.63) is 0 Å². The maximum Gasteiger partial charge on any atom is 0.0923 e. The second-order valence-electron chi connectivity index (χ2n) is 5.32. The van der Waals surface area contributed by atoms with Gasteiger partial charge in [-0.05, 0) is 6.42 Å². The first-order valence-electron chi connectivity index (χ1n) is 6.40. The SMILES string of the molecule is C1CN2CCN3CCN4CCN(C1)[C@H]2[C@@H]34. The molecule has 4 heterocycles. The maximum atomic E-state index is 2.72. The van der Waals surface area contributed by atoms with Crippen LogP contribution in [-0.2, 0) is 0 Å². The molecule has 0 spiro atoms. The van der Waals surface area contributed by atoms with Crippen molar-refractivity contribution in [3.63, 3.8) is 0 Å². The highest BCUT2D eigenvalue weighted by Gasteiger charge is 2.49. The predicted molar refractivity (Wildman–Crippen MR) is 58.5 cm³/mol. The fourth-order valence-electron chi connectivity index (χ4n) is 3.97. The first kappa shape index (κ1) is 8.93. The molecule has 0 aliphatic carbocycles. The van der Waals surface area contributed by atoms with Crippen LogP contribution in [0.25, 0.3) is 0 Å². The van der Waals surface area contributed by atoms with Gasteiger partial charge in [0.05, 0.1) is 12.3 Å². The molecule has 0 bridgehead atoms. The zero-order chi connectivity index (χ0) is 9.83. The minimum Gasteiger partial charge on any atom is -0.284 e. The molecule has 4 saturated heterocycles. The molecule has 4 fully saturated rings. The quantitative estimate of drug-likeness (QED) is 0.521. The fraction of sp³-hybridized carbons (Fsp3) is 1.00. The molecule has 4 aliphatic heterocycles. The molecule has 4 heteroatoms. The van der Waals surface area contributed by atoms with Crippen LogP contribution in [-0.4, -0.2) is 84.3 Å². The molecule has 0 aromatic heterocycles. The Bertz CT molecular complexity index is 245. The van der Waals surface area contributed by atoms with Gasteiger partial charge in [-0.3, -0.25) is 19.6 Å². The van der Waals surface area contributed by atoms with E-state index in [2.05, 4.69) is 19.6 Å². The van der Waals surface area contributed by atoms with Gasteiger partial charge in [-0.2, -0.15) is 0 Å². The van der Waals surface area contributed by atoms with E-state index in [1.807, 2.05) is 0 Å². The number of nitrogens with zero attached hydrogens (tertiary/aromatic N) is 4. The average molecular weight is 208 g/mol. The molecule has 0 unspecified atom stereocenters. The Morgan fingerprint density at radius 1 is 0.467 bits per heavy atom. The molecule has 0 N–H and O–H groups in total. The second-order valence-corrected chi connectivity index (χ2v) is 5.32. The largest absolute Gasteiger partial charge is 0.284 e. The van der Waals surface area contributed by atoms with E-state index < -0.39 is 0 Å². The fourth-order valence-corrected chi connectivity index (χ4v) is 3.97. The lowest BCUT2D eigenvalue weighted by atomic mass is 10.1. The van der Waals surface area contributed by atoms with E-state index in [0.29, 0.717) is 0 Å². The van der Waals surface area contributed by atoms with Gasteiger partial charge in [0.15, 0.2) is 0 Å². The molecule has 0 amide bonds. The van der Waals surface area contributed by atoms with Crippen LogP contribution >= 0.6 is 0 Å². The van der Waals surface area contributed by atoms with Crippen LogP contribution in [0.3, 0.4) is 0 Å². The molecule has 0 saturated carbocycles. The summed E-state index contributed by atoms with van der Waals surface area (Å²) < 4.78 is 0. The Balaban J connectivity index is 1.69. The monoisotopic (exact) mass is 208 g/mol. The molecular formula is C11H20N4. The van der Waals surface area contributed by atoms with Gasteiger partial charge in [0.2, 0.25) is 0 Å². The minimum absolute atomic E-state index is 0.726. The summed E-state index contributed by atoms with van der Waals surface area (Å²) >= 11 is 0.